The molecule has 0 saturated carbocycles. The first-order valence-corrected chi connectivity index (χ1v) is 9.57. The first-order chi connectivity index (χ1) is 13.7. The minimum atomic E-state index is -0.705. The lowest BCUT2D eigenvalue weighted by Gasteiger charge is -2.23. The molecule has 1 N–H and O–H groups in total. The second kappa shape index (κ2) is 12.0. The summed E-state index contributed by atoms with van der Waals surface area (Å²) in [5, 5.41) is 8.42. The second-order valence-electron chi connectivity index (χ2n) is 7.54. The Kier molecular flexibility index (Phi) is 10.1. The highest BCUT2D eigenvalue weighted by Gasteiger charge is 2.24. The van der Waals surface area contributed by atoms with Crippen molar-refractivity contribution in [2.75, 3.05) is 6.61 Å². The van der Waals surface area contributed by atoms with Gasteiger partial charge < -0.3 is 0 Å². The molecule has 0 aliphatic rings. The maximum absolute atomic E-state index is 11.4. The SMILES string of the molecule is CCCCOOC(=O)c1ccccc1.Cc1cccc(C(=O)OO)c1C(C)(C)C. The largest absolute Gasteiger partial charge is 0.373 e. The smallest absolute Gasteiger partial charge is 0.295 e. The number of rotatable bonds is 6. The average Bonchev–Trinajstić information content (AvgIpc) is 2.70. The highest BCUT2D eigenvalue weighted by molar-refractivity contribution is 5.91. The molecule has 6 heteroatoms. The molecule has 2 aromatic rings. The quantitative estimate of drug-likeness (QED) is 0.390. The highest BCUT2D eigenvalue weighted by Crippen LogP contribution is 2.29. The van der Waals surface area contributed by atoms with Gasteiger partial charge in [0.05, 0.1) is 17.7 Å². The highest BCUT2D eigenvalue weighted by atomic mass is 17.2. The minimum absolute atomic E-state index is 0.158. The first-order valence-electron chi connectivity index (χ1n) is 9.57. The first kappa shape index (κ1) is 24.3. The number of carbonyl (C=O) groups excluding carboxylic acids is 2. The van der Waals surface area contributed by atoms with Gasteiger partial charge in [0.15, 0.2) is 0 Å². The lowest BCUT2D eigenvalue weighted by atomic mass is 9.81. The number of hydrogen-bond acceptors (Lipinski definition) is 6. The summed E-state index contributed by atoms with van der Waals surface area (Å²) in [7, 11) is 0. The van der Waals surface area contributed by atoms with Gasteiger partial charge in [-0.1, -0.05) is 64.4 Å². The minimum Gasteiger partial charge on any atom is -0.295 e. The summed E-state index contributed by atoms with van der Waals surface area (Å²) in [6, 6.07) is 14.1. The van der Waals surface area contributed by atoms with Crippen LogP contribution in [0.1, 0.15) is 72.4 Å². The van der Waals surface area contributed by atoms with Crippen molar-refractivity contribution in [3.63, 3.8) is 0 Å². The van der Waals surface area contributed by atoms with Gasteiger partial charge in [0.2, 0.25) is 0 Å². The Hall–Kier alpha value is -2.70. The fourth-order valence-corrected chi connectivity index (χ4v) is 2.80. The molecule has 2 rings (SSSR count). The van der Waals surface area contributed by atoms with Crippen LogP contribution in [0.3, 0.4) is 0 Å². The number of aryl methyl sites for hydroxylation is 1. The molecule has 158 valence electrons. The summed E-state index contributed by atoms with van der Waals surface area (Å²) in [5.74, 6) is -1.15. The molecule has 0 fully saturated rings. The third kappa shape index (κ3) is 8.05. The van der Waals surface area contributed by atoms with Crippen LogP contribution in [0.25, 0.3) is 0 Å². The van der Waals surface area contributed by atoms with Gasteiger partial charge >= 0.3 is 11.9 Å². The van der Waals surface area contributed by atoms with Crippen molar-refractivity contribution in [2.45, 2.75) is 52.9 Å². The van der Waals surface area contributed by atoms with Crippen molar-refractivity contribution in [3.8, 4) is 0 Å². The maximum atomic E-state index is 11.4. The molecule has 0 aliphatic carbocycles. The van der Waals surface area contributed by atoms with Gasteiger partial charge in [-0.15, -0.1) is 0 Å². The van der Waals surface area contributed by atoms with Crippen molar-refractivity contribution in [3.05, 3.63) is 70.8 Å². The molecule has 0 spiro atoms. The second-order valence-corrected chi connectivity index (χ2v) is 7.54. The molecule has 0 atom stereocenters. The van der Waals surface area contributed by atoms with E-state index in [2.05, 4.69) is 9.78 Å². The molecule has 0 aliphatic heterocycles. The van der Waals surface area contributed by atoms with Gasteiger partial charge in [-0.05, 0) is 48.1 Å². The average molecular weight is 402 g/mol. The van der Waals surface area contributed by atoms with E-state index >= 15 is 0 Å². The molecule has 0 amide bonds. The van der Waals surface area contributed by atoms with Crippen molar-refractivity contribution < 1.29 is 29.5 Å². The van der Waals surface area contributed by atoms with Gasteiger partial charge in [0.1, 0.15) is 0 Å². The molecular formula is C23H30O6. The van der Waals surface area contributed by atoms with E-state index in [1.165, 1.54) is 0 Å². The summed E-state index contributed by atoms with van der Waals surface area (Å²) in [6.45, 7) is 10.5. The van der Waals surface area contributed by atoms with Crippen LogP contribution in [0.2, 0.25) is 0 Å². The van der Waals surface area contributed by atoms with Gasteiger partial charge in [-0.3, -0.25) is 9.78 Å². The van der Waals surface area contributed by atoms with Gasteiger partial charge in [-0.2, -0.15) is 10.1 Å². The lowest BCUT2D eigenvalue weighted by molar-refractivity contribution is -0.241. The van der Waals surface area contributed by atoms with Crippen LogP contribution in [0.15, 0.2) is 48.5 Å². The molecule has 0 bridgehead atoms. The molecule has 0 heterocycles. The third-order valence-electron chi connectivity index (χ3n) is 4.05. The standard InChI is InChI=1S/C12H16O3.C11H14O3/c1-8-6-5-7-9(11(13)15-14)10(8)12(2,3)4;1-2-3-9-13-14-11(12)10-7-5-4-6-8-10/h5-7,14H,1-4H3;4-8H,2-3,9H2,1H3. The zero-order valence-corrected chi connectivity index (χ0v) is 17.7. The maximum Gasteiger partial charge on any atom is 0.373 e. The number of unbranched alkanes of at least 4 members (excludes halogenated alkanes) is 1. The molecule has 0 aromatic heterocycles. The topological polar surface area (TPSA) is 82.1 Å². The third-order valence-corrected chi connectivity index (χ3v) is 4.05. The summed E-state index contributed by atoms with van der Waals surface area (Å²) in [4.78, 5) is 35.7. The van der Waals surface area contributed by atoms with Crippen LogP contribution >= 0.6 is 0 Å². The zero-order chi connectivity index (χ0) is 21.9. The fraction of sp³-hybridized carbons (Fsp3) is 0.391. The van der Waals surface area contributed by atoms with E-state index < -0.39 is 11.9 Å². The normalized spacial score (nSPS) is 10.6. The van der Waals surface area contributed by atoms with E-state index in [9.17, 15) is 9.59 Å². The van der Waals surface area contributed by atoms with Crippen molar-refractivity contribution in [1.82, 2.24) is 0 Å². The summed E-state index contributed by atoms with van der Waals surface area (Å²) < 4.78 is 0. The molecule has 29 heavy (non-hydrogen) atoms. The van der Waals surface area contributed by atoms with Crippen LogP contribution in [-0.4, -0.2) is 23.8 Å². The van der Waals surface area contributed by atoms with E-state index in [4.69, 9.17) is 10.1 Å². The fourth-order valence-electron chi connectivity index (χ4n) is 2.80. The van der Waals surface area contributed by atoms with E-state index in [0.717, 1.165) is 24.0 Å². The van der Waals surface area contributed by atoms with Gasteiger partial charge in [0.25, 0.3) is 0 Å². The van der Waals surface area contributed by atoms with Crippen LogP contribution < -0.4 is 0 Å². The lowest BCUT2D eigenvalue weighted by Crippen LogP contribution is -2.19. The van der Waals surface area contributed by atoms with E-state index in [-0.39, 0.29) is 5.41 Å². The summed E-state index contributed by atoms with van der Waals surface area (Å²) in [6.07, 6.45) is 1.91. The predicted octanol–water partition coefficient (Wildman–Crippen LogP) is 5.50. The molecule has 0 radical (unpaired) electrons. The number of hydrogen-bond donors (Lipinski definition) is 1. The van der Waals surface area contributed by atoms with E-state index in [1.54, 1.807) is 36.4 Å². The van der Waals surface area contributed by atoms with E-state index in [1.807, 2.05) is 46.8 Å². The zero-order valence-electron chi connectivity index (χ0n) is 17.7. The molecule has 0 saturated heterocycles. The summed E-state index contributed by atoms with van der Waals surface area (Å²) in [5.41, 5.74) is 2.69. The van der Waals surface area contributed by atoms with Crippen molar-refractivity contribution in [2.24, 2.45) is 0 Å². The molecular weight excluding hydrogens is 372 g/mol. The monoisotopic (exact) mass is 402 g/mol. The van der Waals surface area contributed by atoms with E-state index in [0.29, 0.717) is 17.7 Å². The van der Waals surface area contributed by atoms with Crippen LogP contribution in [0, 0.1) is 6.92 Å². The van der Waals surface area contributed by atoms with Crippen LogP contribution in [-0.2, 0) is 20.1 Å². The van der Waals surface area contributed by atoms with Gasteiger partial charge in [0, 0.05) is 0 Å². The van der Waals surface area contributed by atoms with Crippen molar-refractivity contribution in [1.29, 1.82) is 0 Å². The molecule has 6 nitrogen and oxygen atoms in total. The summed E-state index contributed by atoms with van der Waals surface area (Å²) >= 11 is 0. The predicted molar refractivity (Wildman–Crippen MR) is 111 cm³/mol. The Balaban J connectivity index is 0.000000291. The van der Waals surface area contributed by atoms with Gasteiger partial charge in [-0.25, -0.2) is 9.59 Å². The van der Waals surface area contributed by atoms with Crippen molar-refractivity contribution >= 4 is 11.9 Å². The van der Waals surface area contributed by atoms with Crippen LogP contribution in [0.4, 0.5) is 0 Å². The van der Waals surface area contributed by atoms with Crippen LogP contribution in [0.5, 0.6) is 0 Å². The molecule has 0 unspecified atom stereocenters. The Bertz CT molecular complexity index is 778. The Morgan fingerprint density at radius 2 is 1.62 bits per heavy atom. The Morgan fingerprint density at radius 1 is 0.966 bits per heavy atom. The molecule has 2 aromatic carbocycles. The Morgan fingerprint density at radius 3 is 2.17 bits per heavy atom. The number of carbonyl (C=O) groups is 2. The number of benzene rings is 2. The Labute approximate surface area is 172 Å².